The highest BCUT2D eigenvalue weighted by Crippen LogP contribution is 2.40. The fourth-order valence-electron chi connectivity index (χ4n) is 4.21. The summed E-state index contributed by atoms with van der Waals surface area (Å²) in [5, 5.41) is 19.4. The van der Waals surface area contributed by atoms with Crippen molar-refractivity contribution < 1.29 is 14.6 Å². The molecular formula is C19H24FN3O4. The first kappa shape index (κ1) is 18.2. The Bertz CT molecular complexity index is 995. The molecular weight excluding hydrogens is 353 g/mol. The molecule has 2 aliphatic rings. The van der Waals surface area contributed by atoms with E-state index < -0.39 is 22.5 Å². The molecule has 2 aromatic rings. The van der Waals surface area contributed by atoms with Crippen molar-refractivity contribution in [3.8, 4) is 0 Å². The third-order valence-corrected chi connectivity index (χ3v) is 6.11. The van der Waals surface area contributed by atoms with Gasteiger partial charge in [0.05, 0.1) is 29.8 Å². The van der Waals surface area contributed by atoms with E-state index in [1.165, 1.54) is 6.07 Å². The molecule has 0 atom stereocenters. The molecule has 1 saturated heterocycles. The number of H-pyrrole nitrogens is 1. The van der Waals surface area contributed by atoms with E-state index >= 15 is 0 Å². The molecule has 0 spiro atoms. The summed E-state index contributed by atoms with van der Waals surface area (Å²) >= 11 is 0. The fraction of sp³-hybridized carbons (Fsp3) is 0.579. The molecule has 2 heterocycles. The number of hydrogen-bond donors (Lipinski definition) is 3. The van der Waals surface area contributed by atoms with Gasteiger partial charge in [-0.25, -0.2) is 9.18 Å². The number of halogens is 1. The van der Waals surface area contributed by atoms with Gasteiger partial charge < -0.3 is 15.1 Å². The van der Waals surface area contributed by atoms with Gasteiger partial charge in [0.15, 0.2) is 0 Å². The zero-order valence-corrected chi connectivity index (χ0v) is 15.3. The van der Waals surface area contributed by atoms with Crippen molar-refractivity contribution in [2.24, 2.45) is 5.41 Å². The first-order valence-corrected chi connectivity index (χ1v) is 9.35. The van der Waals surface area contributed by atoms with Gasteiger partial charge in [-0.1, -0.05) is 0 Å². The van der Waals surface area contributed by atoms with E-state index in [1.807, 2.05) is 4.90 Å². The van der Waals surface area contributed by atoms with Crippen molar-refractivity contribution in [1.82, 2.24) is 9.55 Å². The highest BCUT2D eigenvalue weighted by atomic mass is 19.1. The van der Waals surface area contributed by atoms with Crippen LogP contribution in [0.15, 0.2) is 15.7 Å². The summed E-state index contributed by atoms with van der Waals surface area (Å²) < 4.78 is 16.6. The summed E-state index contributed by atoms with van der Waals surface area (Å²) in [7, 11) is 0. The molecule has 4 rings (SSSR count). The maximum absolute atomic E-state index is 15.0. The minimum atomic E-state index is -0.571. The number of nitrogens with one attached hydrogen (secondary N) is 1. The normalized spacial score (nSPS) is 19.6. The number of benzene rings is 1. The summed E-state index contributed by atoms with van der Waals surface area (Å²) in [5.41, 5.74) is -0.0753. The predicted octanol–water partition coefficient (Wildman–Crippen LogP) is 1.04. The number of anilines is 1. The van der Waals surface area contributed by atoms with Crippen LogP contribution in [0.5, 0.6) is 0 Å². The highest BCUT2D eigenvalue weighted by molar-refractivity contribution is 5.87. The van der Waals surface area contributed by atoms with E-state index in [-0.39, 0.29) is 24.6 Å². The van der Waals surface area contributed by atoms with Gasteiger partial charge >= 0.3 is 5.69 Å². The Morgan fingerprint density at radius 2 is 1.85 bits per heavy atom. The molecule has 1 aromatic carbocycles. The van der Waals surface area contributed by atoms with Crippen LogP contribution in [0.25, 0.3) is 10.9 Å². The Morgan fingerprint density at radius 3 is 2.41 bits per heavy atom. The standard InChI is InChI=1S/C19H24FN3O4/c1-11-15-13(17(26)21-18(27)23(15)12-2-3-12)8-14(20)16(11)22-6-4-19(9-24,10-25)5-7-22/h8,12,24-25H,2-7,9-10H2,1H3,(H,21,26,27). The third-order valence-electron chi connectivity index (χ3n) is 6.11. The molecule has 0 radical (unpaired) electrons. The molecule has 2 fully saturated rings. The molecule has 1 saturated carbocycles. The lowest BCUT2D eigenvalue weighted by atomic mass is 9.79. The van der Waals surface area contributed by atoms with Crippen molar-refractivity contribution in [2.75, 3.05) is 31.2 Å². The minimum absolute atomic E-state index is 0.0478. The average Bonchev–Trinajstić information content (AvgIpc) is 3.48. The molecule has 0 unspecified atom stereocenters. The molecule has 1 aromatic heterocycles. The monoisotopic (exact) mass is 377 g/mol. The van der Waals surface area contributed by atoms with E-state index in [4.69, 9.17) is 0 Å². The smallest absolute Gasteiger partial charge is 0.329 e. The highest BCUT2D eigenvalue weighted by Gasteiger charge is 2.35. The van der Waals surface area contributed by atoms with Crippen molar-refractivity contribution in [2.45, 2.75) is 38.6 Å². The number of fused-ring (bicyclic) bond motifs is 1. The van der Waals surface area contributed by atoms with Crippen molar-refractivity contribution in [3.05, 3.63) is 38.3 Å². The van der Waals surface area contributed by atoms with Crippen molar-refractivity contribution in [1.29, 1.82) is 0 Å². The molecule has 146 valence electrons. The molecule has 0 amide bonds. The molecule has 1 aliphatic carbocycles. The Labute approximate surface area is 155 Å². The molecule has 1 aliphatic heterocycles. The second kappa shape index (κ2) is 6.45. The largest absolute Gasteiger partial charge is 0.396 e. The van der Waals surface area contributed by atoms with Gasteiger partial charge in [0.1, 0.15) is 5.82 Å². The maximum atomic E-state index is 15.0. The van der Waals surface area contributed by atoms with Gasteiger partial charge in [-0.2, -0.15) is 0 Å². The summed E-state index contributed by atoms with van der Waals surface area (Å²) in [6.07, 6.45) is 2.82. The SMILES string of the molecule is Cc1c(N2CCC(CO)(CO)CC2)c(F)cc2c(=O)[nH]c(=O)n(C3CC3)c12. The Morgan fingerprint density at radius 1 is 1.22 bits per heavy atom. The second-order valence-electron chi connectivity index (χ2n) is 7.89. The van der Waals surface area contributed by atoms with Crippen LogP contribution < -0.4 is 16.1 Å². The van der Waals surface area contributed by atoms with Crippen LogP contribution in [0.3, 0.4) is 0 Å². The second-order valence-corrected chi connectivity index (χ2v) is 7.89. The zero-order valence-electron chi connectivity index (χ0n) is 15.3. The number of aliphatic hydroxyl groups is 2. The maximum Gasteiger partial charge on any atom is 0.329 e. The molecule has 8 heteroatoms. The predicted molar refractivity (Wildman–Crippen MR) is 99.8 cm³/mol. The van der Waals surface area contributed by atoms with Gasteiger partial charge in [-0.05, 0) is 38.7 Å². The molecule has 0 bridgehead atoms. The number of rotatable bonds is 4. The fourth-order valence-corrected chi connectivity index (χ4v) is 4.21. The number of hydrogen-bond acceptors (Lipinski definition) is 5. The Hall–Kier alpha value is -2.19. The summed E-state index contributed by atoms with van der Waals surface area (Å²) in [6, 6.07) is 1.26. The first-order chi connectivity index (χ1) is 12.9. The van der Waals surface area contributed by atoms with Crippen LogP contribution in [-0.4, -0.2) is 46.1 Å². The molecule has 3 N–H and O–H groups in total. The lowest BCUT2D eigenvalue weighted by Gasteiger charge is -2.41. The van der Waals surface area contributed by atoms with Crippen LogP contribution in [0, 0.1) is 18.2 Å². The first-order valence-electron chi connectivity index (χ1n) is 9.35. The van der Waals surface area contributed by atoms with Crippen LogP contribution in [0.1, 0.15) is 37.3 Å². The summed E-state index contributed by atoms with van der Waals surface area (Å²) in [5.74, 6) is -0.494. The van der Waals surface area contributed by atoms with Gasteiger partial charge in [-0.3, -0.25) is 14.3 Å². The topological polar surface area (TPSA) is 98.6 Å². The Kier molecular flexibility index (Phi) is 4.35. The average molecular weight is 377 g/mol. The lowest BCUT2D eigenvalue weighted by molar-refractivity contribution is 0.0340. The van der Waals surface area contributed by atoms with E-state index in [2.05, 4.69) is 4.98 Å². The van der Waals surface area contributed by atoms with E-state index in [0.29, 0.717) is 42.7 Å². The van der Waals surface area contributed by atoms with Crippen LogP contribution in [0.2, 0.25) is 0 Å². The number of piperidine rings is 1. The van der Waals surface area contributed by atoms with Gasteiger partial charge in [0.25, 0.3) is 5.56 Å². The van der Waals surface area contributed by atoms with Gasteiger partial charge in [0, 0.05) is 30.1 Å². The van der Waals surface area contributed by atoms with Gasteiger partial charge in [0.2, 0.25) is 0 Å². The Balaban J connectivity index is 1.84. The number of nitrogens with zero attached hydrogens (tertiary/aromatic N) is 2. The number of aryl methyl sites for hydroxylation is 1. The summed E-state index contributed by atoms with van der Waals surface area (Å²) in [4.78, 5) is 28.8. The molecule has 7 nitrogen and oxygen atoms in total. The quantitative estimate of drug-likeness (QED) is 0.740. The van der Waals surface area contributed by atoms with Gasteiger partial charge in [-0.15, -0.1) is 0 Å². The van der Waals surface area contributed by atoms with Crippen molar-refractivity contribution in [3.63, 3.8) is 0 Å². The van der Waals surface area contributed by atoms with Crippen LogP contribution in [-0.2, 0) is 0 Å². The van der Waals surface area contributed by atoms with E-state index in [9.17, 15) is 24.2 Å². The lowest BCUT2D eigenvalue weighted by Crippen LogP contribution is -2.44. The van der Waals surface area contributed by atoms with Crippen LogP contribution >= 0.6 is 0 Å². The number of aliphatic hydroxyl groups excluding tert-OH is 2. The number of aromatic amines is 1. The summed E-state index contributed by atoms with van der Waals surface area (Å²) in [6.45, 7) is 2.52. The van der Waals surface area contributed by atoms with Crippen molar-refractivity contribution >= 4 is 16.6 Å². The van der Waals surface area contributed by atoms with Crippen LogP contribution in [0.4, 0.5) is 10.1 Å². The third kappa shape index (κ3) is 2.87. The zero-order chi connectivity index (χ0) is 19.3. The number of aromatic nitrogens is 2. The minimum Gasteiger partial charge on any atom is -0.396 e. The van der Waals surface area contributed by atoms with E-state index in [0.717, 1.165) is 12.8 Å². The van der Waals surface area contributed by atoms with E-state index in [1.54, 1.807) is 11.5 Å². The molecule has 27 heavy (non-hydrogen) atoms.